The standard InChI is InChI=1S/C16H22FN3O.2ClH/c17-15-4-2-13(3-5-15)12-19-6-1-7-20(9-8-19)16(21)14-10-18-11-14;;/h2-5,14,18H,1,6-12H2;2*1H. The molecule has 1 aromatic rings. The van der Waals surface area contributed by atoms with E-state index < -0.39 is 0 Å². The summed E-state index contributed by atoms with van der Waals surface area (Å²) in [5, 5.41) is 3.15. The first kappa shape index (κ1) is 20.2. The molecule has 0 spiro atoms. The SMILES string of the molecule is Cl.Cl.O=C(C1CNC1)N1CCCN(Cc2ccc(F)cc2)CC1. The van der Waals surface area contributed by atoms with Crippen LogP contribution in [0.4, 0.5) is 4.39 Å². The van der Waals surface area contributed by atoms with Crippen molar-refractivity contribution in [1.29, 1.82) is 0 Å². The summed E-state index contributed by atoms with van der Waals surface area (Å²) in [6.45, 7) is 6.02. The highest BCUT2D eigenvalue weighted by Gasteiger charge is 2.30. The van der Waals surface area contributed by atoms with Crippen LogP contribution in [-0.4, -0.2) is 55.0 Å². The second-order valence-corrected chi connectivity index (χ2v) is 5.94. The monoisotopic (exact) mass is 363 g/mol. The van der Waals surface area contributed by atoms with Crippen LogP contribution in [0.2, 0.25) is 0 Å². The topological polar surface area (TPSA) is 35.6 Å². The Morgan fingerprint density at radius 3 is 2.39 bits per heavy atom. The molecule has 0 aromatic heterocycles. The number of halogens is 3. The third kappa shape index (κ3) is 5.31. The average Bonchev–Trinajstić information content (AvgIpc) is 2.65. The normalized spacial score (nSPS) is 19.1. The van der Waals surface area contributed by atoms with Gasteiger partial charge >= 0.3 is 0 Å². The number of nitrogens with one attached hydrogen (secondary N) is 1. The highest BCUT2D eigenvalue weighted by Crippen LogP contribution is 2.13. The van der Waals surface area contributed by atoms with Crippen molar-refractivity contribution in [3.8, 4) is 0 Å². The maximum absolute atomic E-state index is 12.9. The lowest BCUT2D eigenvalue weighted by molar-refractivity contribution is -0.136. The zero-order valence-electron chi connectivity index (χ0n) is 13.0. The summed E-state index contributed by atoms with van der Waals surface area (Å²) in [6.07, 6.45) is 1.01. The summed E-state index contributed by atoms with van der Waals surface area (Å²) in [5.41, 5.74) is 1.12. The van der Waals surface area contributed by atoms with Gasteiger partial charge in [0.05, 0.1) is 5.92 Å². The van der Waals surface area contributed by atoms with Crippen LogP contribution in [0.3, 0.4) is 0 Å². The fraction of sp³-hybridized carbons (Fsp3) is 0.562. The van der Waals surface area contributed by atoms with Gasteiger partial charge in [0, 0.05) is 45.8 Å². The number of nitrogens with zero attached hydrogens (tertiary/aromatic N) is 2. The first-order valence-electron chi connectivity index (χ1n) is 7.69. The minimum atomic E-state index is -0.194. The molecule has 0 bridgehead atoms. The van der Waals surface area contributed by atoms with Gasteiger partial charge in [-0.2, -0.15) is 0 Å². The molecule has 130 valence electrons. The number of carbonyl (C=O) groups is 1. The lowest BCUT2D eigenvalue weighted by Gasteiger charge is -2.31. The minimum Gasteiger partial charge on any atom is -0.341 e. The lowest BCUT2D eigenvalue weighted by atomic mass is 10.0. The molecule has 2 fully saturated rings. The van der Waals surface area contributed by atoms with Gasteiger partial charge in [-0.3, -0.25) is 9.69 Å². The van der Waals surface area contributed by atoms with Crippen molar-refractivity contribution in [2.75, 3.05) is 39.3 Å². The van der Waals surface area contributed by atoms with E-state index >= 15 is 0 Å². The largest absolute Gasteiger partial charge is 0.341 e. The third-order valence-electron chi connectivity index (χ3n) is 4.35. The second kappa shape index (κ2) is 9.42. The number of amides is 1. The van der Waals surface area contributed by atoms with Crippen molar-refractivity contribution >= 4 is 30.7 Å². The lowest BCUT2D eigenvalue weighted by Crippen LogP contribution is -2.52. The van der Waals surface area contributed by atoms with Gasteiger partial charge in [-0.15, -0.1) is 24.8 Å². The van der Waals surface area contributed by atoms with E-state index in [0.29, 0.717) is 5.91 Å². The van der Waals surface area contributed by atoms with Crippen molar-refractivity contribution in [3.05, 3.63) is 35.6 Å². The number of hydrogen-bond acceptors (Lipinski definition) is 3. The van der Waals surface area contributed by atoms with Gasteiger partial charge in [-0.1, -0.05) is 12.1 Å². The fourth-order valence-electron chi connectivity index (χ4n) is 2.92. The van der Waals surface area contributed by atoms with Gasteiger partial charge in [0.2, 0.25) is 5.91 Å². The molecule has 0 aliphatic carbocycles. The summed E-state index contributed by atoms with van der Waals surface area (Å²) in [4.78, 5) is 16.6. The van der Waals surface area contributed by atoms with Crippen LogP contribution in [-0.2, 0) is 11.3 Å². The molecule has 1 aromatic carbocycles. The molecule has 23 heavy (non-hydrogen) atoms. The maximum Gasteiger partial charge on any atom is 0.228 e. The van der Waals surface area contributed by atoms with Crippen LogP contribution >= 0.6 is 24.8 Å². The highest BCUT2D eigenvalue weighted by atomic mass is 35.5. The molecular weight excluding hydrogens is 340 g/mol. The van der Waals surface area contributed by atoms with Crippen molar-refractivity contribution in [2.45, 2.75) is 13.0 Å². The minimum absolute atomic E-state index is 0. The fourth-order valence-corrected chi connectivity index (χ4v) is 2.92. The zero-order valence-corrected chi connectivity index (χ0v) is 14.7. The molecule has 0 saturated carbocycles. The summed E-state index contributed by atoms with van der Waals surface area (Å²) in [5.74, 6) is 0.298. The van der Waals surface area contributed by atoms with Crippen LogP contribution < -0.4 is 5.32 Å². The molecule has 2 heterocycles. The van der Waals surface area contributed by atoms with Crippen LogP contribution in [0.1, 0.15) is 12.0 Å². The summed E-state index contributed by atoms with van der Waals surface area (Å²) >= 11 is 0. The van der Waals surface area contributed by atoms with E-state index in [1.807, 2.05) is 17.0 Å². The number of rotatable bonds is 3. The van der Waals surface area contributed by atoms with Crippen molar-refractivity contribution in [2.24, 2.45) is 5.92 Å². The van der Waals surface area contributed by atoms with Crippen molar-refractivity contribution < 1.29 is 9.18 Å². The predicted octanol–water partition coefficient (Wildman–Crippen LogP) is 1.92. The van der Waals surface area contributed by atoms with E-state index in [1.165, 1.54) is 12.1 Å². The first-order chi connectivity index (χ1) is 10.2. The Balaban J connectivity index is 0.00000132. The van der Waals surface area contributed by atoms with Gasteiger partial charge in [0.1, 0.15) is 5.82 Å². The molecule has 2 aliphatic heterocycles. The van der Waals surface area contributed by atoms with Crippen molar-refractivity contribution in [3.63, 3.8) is 0 Å². The molecule has 4 nitrogen and oxygen atoms in total. The Kier molecular flexibility index (Phi) is 8.26. The van der Waals surface area contributed by atoms with E-state index in [0.717, 1.165) is 57.8 Å². The quantitative estimate of drug-likeness (QED) is 0.890. The summed E-state index contributed by atoms with van der Waals surface area (Å²) < 4.78 is 12.9. The van der Waals surface area contributed by atoms with Gasteiger partial charge in [0.25, 0.3) is 0 Å². The van der Waals surface area contributed by atoms with Gasteiger partial charge < -0.3 is 10.2 Å². The van der Waals surface area contributed by atoms with E-state index in [1.54, 1.807) is 0 Å². The first-order valence-corrected chi connectivity index (χ1v) is 7.69. The second-order valence-electron chi connectivity index (χ2n) is 5.94. The maximum atomic E-state index is 12.9. The molecule has 7 heteroatoms. The molecule has 2 aliphatic rings. The summed E-state index contributed by atoms with van der Waals surface area (Å²) in [6, 6.07) is 6.69. The van der Waals surface area contributed by atoms with Crippen LogP contribution in [0, 0.1) is 11.7 Å². The average molecular weight is 364 g/mol. The predicted molar refractivity (Wildman–Crippen MR) is 93.7 cm³/mol. The number of hydrogen-bond donors (Lipinski definition) is 1. The van der Waals surface area contributed by atoms with E-state index in [2.05, 4.69) is 10.2 Å². The zero-order chi connectivity index (χ0) is 14.7. The van der Waals surface area contributed by atoms with Gasteiger partial charge in [0.15, 0.2) is 0 Å². The Morgan fingerprint density at radius 1 is 1.09 bits per heavy atom. The van der Waals surface area contributed by atoms with E-state index in [9.17, 15) is 9.18 Å². The molecule has 3 rings (SSSR count). The third-order valence-corrected chi connectivity index (χ3v) is 4.35. The highest BCUT2D eigenvalue weighted by molar-refractivity contribution is 5.85. The van der Waals surface area contributed by atoms with Crippen molar-refractivity contribution in [1.82, 2.24) is 15.1 Å². The molecular formula is C16H24Cl2FN3O. The van der Waals surface area contributed by atoms with Crippen LogP contribution in [0.5, 0.6) is 0 Å². The number of carbonyl (C=O) groups excluding carboxylic acids is 1. The molecule has 0 radical (unpaired) electrons. The molecule has 2 saturated heterocycles. The molecule has 0 atom stereocenters. The molecule has 1 amide bonds. The van der Waals surface area contributed by atoms with Crippen LogP contribution in [0.25, 0.3) is 0 Å². The molecule has 1 N–H and O–H groups in total. The van der Waals surface area contributed by atoms with Gasteiger partial charge in [-0.25, -0.2) is 4.39 Å². The Morgan fingerprint density at radius 2 is 1.78 bits per heavy atom. The Bertz CT molecular complexity index is 497. The van der Waals surface area contributed by atoms with E-state index in [-0.39, 0.29) is 36.5 Å². The number of benzene rings is 1. The van der Waals surface area contributed by atoms with E-state index in [4.69, 9.17) is 0 Å². The van der Waals surface area contributed by atoms with Crippen LogP contribution in [0.15, 0.2) is 24.3 Å². The Labute approximate surface area is 149 Å². The molecule has 0 unspecified atom stereocenters. The Hall–Kier alpha value is -0.880. The van der Waals surface area contributed by atoms with Gasteiger partial charge in [-0.05, 0) is 24.1 Å². The summed E-state index contributed by atoms with van der Waals surface area (Å²) in [7, 11) is 0. The smallest absolute Gasteiger partial charge is 0.228 e.